The number of H-pyrrole nitrogens is 1. The maximum atomic E-state index is 5.50. The second-order valence-electron chi connectivity index (χ2n) is 5.14. The van der Waals surface area contributed by atoms with Gasteiger partial charge in [0.05, 0.1) is 6.61 Å². The standard InChI is InChI=1S/C13H20N2OS/c1-9(2)6-11-7-12(17)15-13(14-11)10-4-3-5-16-8-10/h7,9-10H,3-6,8H2,1-2H3,(H,14,15,17). The first-order valence-corrected chi connectivity index (χ1v) is 6.74. The van der Waals surface area contributed by atoms with Gasteiger partial charge in [-0.2, -0.15) is 0 Å². The van der Waals surface area contributed by atoms with E-state index in [2.05, 4.69) is 23.8 Å². The quantitative estimate of drug-likeness (QED) is 0.839. The molecular weight excluding hydrogens is 232 g/mol. The molecule has 1 atom stereocenters. The first-order chi connectivity index (χ1) is 8.15. The van der Waals surface area contributed by atoms with Crippen LogP contribution in [0.2, 0.25) is 0 Å². The van der Waals surface area contributed by atoms with Gasteiger partial charge < -0.3 is 9.72 Å². The molecule has 1 aromatic rings. The fraction of sp³-hybridized carbons (Fsp3) is 0.692. The summed E-state index contributed by atoms with van der Waals surface area (Å²) in [6.45, 7) is 6.06. The lowest BCUT2D eigenvalue weighted by Crippen LogP contribution is -2.18. The molecule has 1 saturated heterocycles. The topological polar surface area (TPSA) is 37.9 Å². The highest BCUT2D eigenvalue weighted by molar-refractivity contribution is 7.71. The van der Waals surface area contributed by atoms with E-state index in [0.29, 0.717) is 16.5 Å². The van der Waals surface area contributed by atoms with Gasteiger partial charge in [0, 0.05) is 18.2 Å². The van der Waals surface area contributed by atoms with E-state index in [0.717, 1.165) is 38.3 Å². The van der Waals surface area contributed by atoms with E-state index < -0.39 is 0 Å². The second kappa shape index (κ2) is 5.74. The minimum Gasteiger partial charge on any atom is -0.381 e. The van der Waals surface area contributed by atoms with Crippen molar-refractivity contribution in [1.29, 1.82) is 0 Å². The fourth-order valence-corrected chi connectivity index (χ4v) is 2.47. The molecule has 1 fully saturated rings. The molecule has 0 aliphatic carbocycles. The van der Waals surface area contributed by atoms with Crippen LogP contribution in [0.25, 0.3) is 0 Å². The number of nitrogens with zero attached hydrogens (tertiary/aromatic N) is 1. The molecule has 1 aromatic heterocycles. The number of rotatable bonds is 3. The number of hydrogen-bond acceptors (Lipinski definition) is 3. The zero-order chi connectivity index (χ0) is 12.3. The Bertz CT molecular complexity index is 422. The molecular formula is C13H20N2OS. The van der Waals surface area contributed by atoms with Crippen LogP contribution in [-0.4, -0.2) is 23.2 Å². The first-order valence-electron chi connectivity index (χ1n) is 6.33. The molecule has 4 heteroatoms. The van der Waals surface area contributed by atoms with E-state index in [1.54, 1.807) is 0 Å². The van der Waals surface area contributed by atoms with Crippen molar-refractivity contribution in [3.63, 3.8) is 0 Å². The molecule has 0 saturated carbocycles. The Kier molecular flexibility index (Phi) is 4.29. The molecule has 2 rings (SSSR count). The van der Waals surface area contributed by atoms with E-state index in [-0.39, 0.29) is 0 Å². The number of ether oxygens (including phenoxy) is 1. The predicted octanol–water partition coefficient (Wildman–Crippen LogP) is 3.23. The summed E-state index contributed by atoms with van der Waals surface area (Å²) in [7, 11) is 0. The van der Waals surface area contributed by atoms with Gasteiger partial charge in [0.1, 0.15) is 10.5 Å². The summed E-state index contributed by atoms with van der Waals surface area (Å²) in [5.74, 6) is 2.02. The monoisotopic (exact) mass is 252 g/mol. The third-order valence-electron chi connectivity index (χ3n) is 2.99. The zero-order valence-corrected chi connectivity index (χ0v) is 11.3. The first kappa shape index (κ1) is 12.7. The van der Waals surface area contributed by atoms with Gasteiger partial charge in [-0.25, -0.2) is 4.98 Å². The highest BCUT2D eigenvalue weighted by Crippen LogP contribution is 2.22. The Labute approximate surface area is 108 Å². The average Bonchev–Trinajstić information content (AvgIpc) is 2.28. The van der Waals surface area contributed by atoms with Crippen LogP contribution in [0.3, 0.4) is 0 Å². The number of aromatic amines is 1. The van der Waals surface area contributed by atoms with Gasteiger partial charge in [-0.05, 0) is 31.2 Å². The summed E-state index contributed by atoms with van der Waals surface area (Å²) in [6, 6.07) is 1.97. The highest BCUT2D eigenvalue weighted by atomic mass is 32.1. The van der Waals surface area contributed by atoms with Gasteiger partial charge in [-0.1, -0.05) is 26.1 Å². The van der Waals surface area contributed by atoms with Crippen LogP contribution in [0, 0.1) is 10.6 Å². The van der Waals surface area contributed by atoms with Crippen molar-refractivity contribution in [2.75, 3.05) is 13.2 Å². The Morgan fingerprint density at radius 2 is 2.41 bits per heavy atom. The molecule has 2 heterocycles. The van der Waals surface area contributed by atoms with E-state index in [4.69, 9.17) is 17.0 Å². The third kappa shape index (κ3) is 3.61. The smallest absolute Gasteiger partial charge is 0.130 e. The number of nitrogens with one attached hydrogen (secondary N) is 1. The van der Waals surface area contributed by atoms with Gasteiger partial charge >= 0.3 is 0 Å². The Balaban J connectivity index is 2.21. The van der Waals surface area contributed by atoms with E-state index in [1.165, 1.54) is 5.69 Å². The zero-order valence-electron chi connectivity index (χ0n) is 10.5. The lowest BCUT2D eigenvalue weighted by Gasteiger charge is -2.21. The molecule has 1 aliphatic heterocycles. The van der Waals surface area contributed by atoms with Crippen molar-refractivity contribution >= 4 is 12.2 Å². The normalized spacial score (nSPS) is 20.8. The minimum absolute atomic E-state index is 0.387. The van der Waals surface area contributed by atoms with Crippen LogP contribution >= 0.6 is 12.2 Å². The van der Waals surface area contributed by atoms with Crippen LogP contribution in [0.1, 0.15) is 44.1 Å². The van der Waals surface area contributed by atoms with Crippen LogP contribution in [0.15, 0.2) is 6.07 Å². The van der Waals surface area contributed by atoms with Gasteiger partial charge in [0.15, 0.2) is 0 Å². The molecule has 0 amide bonds. The highest BCUT2D eigenvalue weighted by Gasteiger charge is 2.18. The van der Waals surface area contributed by atoms with Crippen molar-refractivity contribution in [3.05, 3.63) is 22.2 Å². The lowest BCUT2D eigenvalue weighted by molar-refractivity contribution is 0.0779. The lowest BCUT2D eigenvalue weighted by atomic mass is 10.0. The summed E-state index contributed by atoms with van der Waals surface area (Å²) >= 11 is 5.24. The average molecular weight is 252 g/mol. The third-order valence-corrected chi connectivity index (χ3v) is 3.20. The van der Waals surface area contributed by atoms with Crippen LogP contribution < -0.4 is 0 Å². The predicted molar refractivity (Wildman–Crippen MR) is 70.8 cm³/mol. The summed E-state index contributed by atoms with van der Waals surface area (Å²) in [5.41, 5.74) is 1.19. The van der Waals surface area contributed by atoms with Crippen LogP contribution in [0.4, 0.5) is 0 Å². The van der Waals surface area contributed by atoms with Crippen molar-refractivity contribution in [2.24, 2.45) is 5.92 Å². The fourth-order valence-electron chi connectivity index (χ4n) is 2.23. The van der Waals surface area contributed by atoms with Crippen LogP contribution in [0.5, 0.6) is 0 Å². The molecule has 1 aliphatic rings. The molecule has 17 heavy (non-hydrogen) atoms. The van der Waals surface area contributed by atoms with Crippen molar-refractivity contribution in [3.8, 4) is 0 Å². The van der Waals surface area contributed by atoms with Gasteiger partial charge in [-0.15, -0.1) is 0 Å². The molecule has 0 bridgehead atoms. The summed E-state index contributed by atoms with van der Waals surface area (Å²) in [5, 5.41) is 0. The molecule has 1 unspecified atom stereocenters. The summed E-state index contributed by atoms with van der Waals surface area (Å²) in [6.07, 6.45) is 3.28. The largest absolute Gasteiger partial charge is 0.381 e. The second-order valence-corrected chi connectivity index (χ2v) is 5.56. The Hall–Kier alpha value is -0.740. The molecule has 3 nitrogen and oxygen atoms in total. The maximum Gasteiger partial charge on any atom is 0.130 e. The molecule has 0 spiro atoms. The Morgan fingerprint density at radius 3 is 3.06 bits per heavy atom. The van der Waals surface area contributed by atoms with E-state index >= 15 is 0 Å². The van der Waals surface area contributed by atoms with Crippen molar-refractivity contribution in [1.82, 2.24) is 9.97 Å². The molecule has 0 radical (unpaired) electrons. The number of hydrogen-bond donors (Lipinski definition) is 1. The van der Waals surface area contributed by atoms with E-state index in [1.807, 2.05) is 6.07 Å². The summed E-state index contributed by atoms with van der Waals surface area (Å²) < 4.78 is 6.20. The molecule has 0 aromatic carbocycles. The number of aromatic nitrogens is 2. The van der Waals surface area contributed by atoms with Crippen molar-refractivity contribution < 1.29 is 4.74 Å². The van der Waals surface area contributed by atoms with Gasteiger partial charge in [0.25, 0.3) is 0 Å². The maximum absolute atomic E-state index is 5.50. The minimum atomic E-state index is 0.387. The molecule has 94 valence electrons. The van der Waals surface area contributed by atoms with Gasteiger partial charge in [-0.3, -0.25) is 0 Å². The summed E-state index contributed by atoms with van der Waals surface area (Å²) in [4.78, 5) is 7.87. The van der Waals surface area contributed by atoms with Crippen LogP contribution in [-0.2, 0) is 11.2 Å². The molecule has 1 N–H and O–H groups in total. The SMILES string of the molecule is CC(C)Cc1cc(=S)nc(C2CCCOC2)[nH]1. The Morgan fingerprint density at radius 1 is 1.59 bits per heavy atom. The van der Waals surface area contributed by atoms with E-state index in [9.17, 15) is 0 Å². The van der Waals surface area contributed by atoms with Crippen molar-refractivity contribution in [2.45, 2.75) is 39.0 Å². The van der Waals surface area contributed by atoms with Gasteiger partial charge in [0.2, 0.25) is 0 Å².